The number of aryl methyl sites for hydroxylation is 1. The van der Waals surface area contributed by atoms with Gasteiger partial charge in [-0.1, -0.05) is 26.7 Å². The van der Waals surface area contributed by atoms with Gasteiger partial charge in [0, 0.05) is 43.3 Å². The lowest BCUT2D eigenvalue weighted by molar-refractivity contribution is -0.141. The van der Waals surface area contributed by atoms with E-state index in [4.69, 9.17) is 0 Å². The molecule has 5 rings (SSSR count). The molecule has 12 heteroatoms. The molecule has 1 N–H and O–H groups in total. The maximum Gasteiger partial charge on any atom is 0.433 e. The molecule has 0 aliphatic heterocycles. The number of hydrogen-bond donors (Lipinski definition) is 1. The molecule has 4 heterocycles. The topological polar surface area (TPSA) is 106 Å². The van der Waals surface area contributed by atoms with Crippen molar-refractivity contribution in [1.29, 1.82) is 0 Å². The van der Waals surface area contributed by atoms with E-state index in [1.807, 2.05) is 13.8 Å². The summed E-state index contributed by atoms with van der Waals surface area (Å²) in [6.45, 7) is 5.01. The Morgan fingerprint density at radius 1 is 1.02 bits per heavy atom. The van der Waals surface area contributed by atoms with E-state index >= 15 is 0 Å². The molecule has 0 atom stereocenters. The number of fused-ring (bicyclic) bond motifs is 1. The number of H-pyrrole nitrogens is 1. The fourth-order valence-electron chi connectivity index (χ4n) is 4.89. The van der Waals surface area contributed by atoms with Gasteiger partial charge in [-0.05, 0) is 55.5 Å². The molecule has 0 unspecified atom stereocenters. The average molecular weight is 569 g/mol. The summed E-state index contributed by atoms with van der Waals surface area (Å²) < 4.78 is 41.7. The highest BCUT2D eigenvalue weighted by atomic mass is 19.4. The molecule has 0 saturated heterocycles. The number of halogens is 3. The maximum atomic E-state index is 13.4. The van der Waals surface area contributed by atoms with Crippen molar-refractivity contribution in [3.63, 3.8) is 0 Å². The summed E-state index contributed by atoms with van der Waals surface area (Å²) in [6, 6.07) is 7.10. The maximum absolute atomic E-state index is 13.4. The van der Waals surface area contributed by atoms with Crippen LogP contribution in [0.15, 0.2) is 52.3 Å². The second kappa shape index (κ2) is 11.3. The van der Waals surface area contributed by atoms with Gasteiger partial charge in [-0.25, -0.2) is 9.78 Å². The SMILES string of the molecule is CCCn1c(=O)c2[nH]c(-c3ccc(N(CCC4CC4)C(=O)c4ccc(C(F)(F)F)nc4)nc3)cc2n(CCC)c1=O. The number of aromatic amines is 1. The fraction of sp³-hybridized carbons (Fsp3) is 0.414. The number of amides is 1. The van der Waals surface area contributed by atoms with Crippen LogP contribution in [0.2, 0.25) is 0 Å². The van der Waals surface area contributed by atoms with E-state index in [9.17, 15) is 27.6 Å². The molecule has 0 spiro atoms. The normalized spacial score (nSPS) is 13.6. The number of hydrogen-bond acceptors (Lipinski definition) is 5. The second-order valence-corrected chi connectivity index (χ2v) is 10.4. The van der Waals surface area contributed by atoms with E-state index < -0.39 is 17.8 Å². The Hall–Kier alpha value is -4.22. The third-order valence-corrected chi connectivity index (χ3v) is 7.24. The molecule has 9 nitrogen and oxygen atoms in total. The van der Waals surface area contributed by atoms with Gasteiger partial charge < -0.3 is 4.98 Å². The largest absolute Gasteiger partial charge is 0.433 e. The Morgan fingerprint density at radius 3 is 2.34 bits per heavy atom. The Labute approximate surface area is 233 Å². The van der Waals surface area contributed by atoms with Crippen molar-refractivity contribution in [2.75, 3.05) is 11.4 Å². The molecule has 41 heavy (non-hydrogen) atoms. The molecule has 1 saturated carbocycles. The van der Waals surface area contributed by atoms with E-state index in [-0.39, 0.29) is 16.8 Å². The van der Waals surface area contributed by atoms with Crippen LogP contribution >= 0.6 is 0 Å². The van der Waals surface area contributed by atoms with Crippen molar-refractivity contribution in [2.24, 2.45) is 5.92 Å². The van der Waals surface area contributed by atoms with Crippen molar-refractivity contribution in [3.8, 4) is 11.3 Å². The van der Waals surface area contributed by atoms with Crippen LogP contribution < -0.4 is 16.1 Å². The number of nitrogens with zero attached hydrogens (tertiary/aromatic N) is 5. The van der Waals surface area contributed by atoms with Gasteiger partial charge in [0.15, 0.2) is 0 Å². The summed E-state index contributed by atoms with van der Waals surface area (Å²) >= 11 is 0. The van der Waals surface area contributed by atoms with Crippen LogP contribution in [0.4, 0.5) is 19.0 Å². The van der Waals surface area contributed by atoms with Crippen LogP contribution in [0.25, 0.3) is 22.3 Å². The molecular weight excluding hydrogens is 537 g/mol. The quantitative estimate of drug-likeness (QED) is 0.282. The number of carbonyl (C=O) groups excluding carboxylic acids is 1. The first-order valence-corrected chi connectivity index (χ1v) is 13.8. The first kappa shape index (κ1) is 28.3. The van der Waals surface area contributed by atoms with E-state index in [2.05, 4.69) is 15.0 Å². The minimum atomic E-state index is -4.60. The average Bonchev–Trinajstić information content (AvgIpc) is 3.68. The Kier molecular flexibility index (Phi) is 7.83. The molecule has 4 aromatic rings. The van der Waals surface area contributed by atoms with Crippen LogP contribution in [0.3, 0.4) is 0 Å². The first-order chi connectivity index (χ1) is 19.6. The van der Waals surface area contributed by atoms with Crippen molar-refractivity contribution in [1.82, 2.24) is 24.1 Å². The van der Waals surface area contributed by atoms with Crippen LogP contribution in [0, 0.1) is 5.92 Å². The van der Waals surface area contributed by atoms with Gasteiger partial charge in [0.2, 0.25) is 0 Å². The van der Waals surface area contributed by atoms with Crippen molar-refractivity contribution < 1.29 is 18.0 Å². The highest BCUT2D eigenvalue weighted by Gasteiger charge is 2.33. The molecule has 0 aromatic carbocycles. The highest BCUT2D eigenvalue weighted by Crippen LogP contribution is 2.33. The first-order valence-electron chi connectivity index (χ1n) is 13.8. The van der Waals surface area contributed by atoms with E-state index in [0.717, 1.165) is 44.0 Å². The number of pyridine rings is 2. The number of nitrogens with one attached hydrogen (secondary N) is 1. The molecule has 1 amide bonds. The van der Waals surface area contributed by atoms with Gasteiger partial charge in [-0.15, -0.1) is 0 Å². The fourth-order valence-corrected chi connectivity index (χ4v) is 4.89. The third-order valence-electron chi connectivity index (χ3n) is 7.24. The molecule has 0 radical (unpaired) electrons. The highest BCUT2D eigenvalue weighted by molar-refractivity contribution is 6.05. The summed E-state index contributed by atoms with van der Waals surface area (Å²) in [5.41, 5.74) is 0.346. The lowest BCUT2D eigenvalue weighted by Gasteiger charge is -2.22. The zero-order chi connectivity index (χ0) is 29.3. The monoisotopic (exact) mass is 568 g/mol. The summed E-state index contributed by atoms with van der Waals surface area (Å²) in [5, 5.41) is 0. The summed E-state index contributed by atoms with van der Waals surface area (Å²) in [7, 11) is 0. The molecule has 0 bridgehead atoms. The van der Waals surface area contributed by atoms with Gasteiger partial charge in [0.1, 0.15) is 17.0 Å². The van der Waals surface area contributed by atoms with E-state index in [0.29, 0.717) is 60.1 Å². The molecular formula is C29H31F3N6O3. The van der Waals surface area contributed by atoms with Crippen LogP contribution in [-0.4, -0.2) is 36.5 Å². The van der Waals surface area contributed by atoms with Gasteiger partial charge in [-0.3, -0.25) is 28.6 Å². The van der Waals surface area contributed by atoms with Crippen molar-refractivity contribution >= 4 is 22.8 Å². The smallest absolute Gasteiger partial charge is 0.349 e. The second-order valence-electron chi connectivity index (χ2n) is 10.4. The standard InChI is InChI=1S/C29H31F3N6O3/c1-3-12-36-22-15-21(35-25(22)27(40)38(13-4-2)28(36)41)19-8-10-24(34-16-19)37(14-11-18-5-6-18)26(39)20-7-9-23(33-17-20)29(30,31)32/h7-10,15-18,35H,3-6,11-14H2,1-2H3. The van der Waals surface area contributed by atoms with Crippen LogP contribution in [0.5, 0.6) is 0 Å². The van der Waals surface area contributed by atoms with E-state index in [1.54, 1.807) is 29.0 Å². The summed E-state index contributed by atoms with van der Waals surface area (Å²) in [6.07, 6.45) is 2.19. The van der Waals surface area contributed by atoms with Crippen molar-refractivity contribution in [2.45, 2.75) is 65.2 Å². The predicted molar refractivity (Wildman–Crippen MR) is 149 cm³/mol. The summed E-state index contributed by atoms with van der Waals surface area (Å²) in [5.74, 6) is 0.375. The molecule has 1 aliphatic carbocycles. The number of rotatable bonds is 10. The number of alkyl halides is 3. The van der Waals surface area contributed by atoms with Crippen LogP contribution in [-0.2, 0) is 19.3 Å². The lowest BCUT2D eigenvalue weighted by Crippen LogP contribution is -2.39. The number of anilines is 1. The minimum Gasteiger partial charge on any atom is -0.349 e. The lowest BCUT2D eigenvalue weighted by atomic mass is 10.1. The van der Waals surface area contributed by atoms with Crippen LogP contribution in [0.1, 0.15) is 62.0 Å². The summed E-state index contributed by atoms with van der Waals surface area (Å²) in [4.78, 5) is 52.0. The minimum absolute atomic E-state index is 0.0348. The predicted octanol–water partition coefficient (Wildman–Crippen LogP) is 5.23. The van der Waals surface area contributed by atoms with Crippen molar-refractivity contribution in [3.05, 3.63) is 74.8 Å². The van der Waals surface area contributed by atoms with Gasteiger partial charge >= 0.3 is 11.9 Å². The van der Waals surface area contributed by atoms with Gasteiger partial charge in [-0.2, -0.15) is 13.2 Å². The molecule has 1 fully saturated rings. The zero-order valence-corrected chi connectivity index (χ0v) is 22.9. The molecule has 1 aliphatic rings. The third kappa shape index (κ3) is 5.82. The van der Waals surface area contributed by atoms with Gasteiger partial charge in [0.05, 0.1) is 11.1 Å². The van der Waals surface area contributed by atoms with Gasteiger partial charge in [0.25, 0.3) is 11.5 Å². The number of carbonyl (C=O) groups is 1. The van der Waals surface area contributed by atoms with E-state index in [1.165, 1.54) is 9.47 Å². The Balaban J connectivity index is 1.48. The number of aromatic nitrogens is 5. The zero-order valence-electron chi connectivity index (χ0n) is 22.9. The Bertz CT molecular complexity index is 1670. The molecule has 216 valence electrons. The Morgan fingerprint density at radius 2 is 1.76 bits per heavy atom. The molecule has 4 aromatic heterocycles.